The van der Waals surface area contributed by atoms with E-state index in [-0.39, 0.29) is 12.5 Å². The molecule has 0 bridgehead atoms. The topological polar surface area (TPSA) is 127 Å². The van der Waals surface area contributed by atoms with Gasteiger partial charge in [0.2, 0.25) is 0 Å². The molecule has 188 valence electrons. The number of rotatable bonds is 7. The Morgan fingerprint density at radius 2 is 1.91 bits per heavy atom. The number of piperazine rings is 1. The average molecular weight is 540 g/mol. The van der Waals surface area contributed by atoms with Crippen molar-refractivity contribution in [2.75, 3.05) is 54.9 Å². The van der Waals surface area contributed by atoms with E-state index >= 15 is 0 Å². The minimum atomic E-state index is -0.267. The fraction of sp³-hybridized carbons (Fsp3) is 0.364. The Morgan fingerprint density at radius 3 is 2.60 bits per heavy atom. The van der Waals surface area contributed by atoms with Crippen molar-refractivity contribution >= 4 is 63.2 Å². The number of aliphatic hydroxyl groups excluding tert-OH is 1. The van der Waals surface area contributed by atoms with Crippen LogP contribution in [0.1, 0.15) is 21.1 Å². The number of aliphatic hydroxyl groups is 1. The lowest BCUT2D eigenvalue weighted by molar-refractivity contribution is 0.103. The lowest BCUT2D eigenvalue weighted by Crippen LogP contribution is -2.47. The Balaban J connectivity index is 0.00000167. The molecule has 1 aliphatic heterocycles. The molecule has 0 unspecified atom stereocenters. The Bertz CT molecular complexity index is 1120. The Labute approximate surface area is 217 Å². The minimum absolute atomic E-state index is 0.173. The van der Waals surface area contributed by atoms with Crippen LogP contribution in [0.4, 0.5) is 22.5 Å². The lowest BCUT2D eigenvalue weighted by atomic mass is 10.2. The standard InChI is InChI=1S/C22H26ClN7O2S.ClHO/c1-14-4-3-5-16(23)20(14)28-21(32)17-13-24-22(33-17)27-18-12-19(26-15(2)25-18)30-8-6-29(7-9-30)10-11-31;1-2/h3-5,12-13,31H,6-11H2,1-2H3,(H,28,32)(H,24,25,26,27);2H. The van der Waals surface area contributed by atoms with Gasteiger partial charge in [0, 0.05) is 38.8 Å². The highest BCUT2D eigenvalue weighted by atomic mass is 35.5. The van der Waals surface area contributed by atoms with E-state index in [0.717, 1.165) is 37.6 Å². The summed E-state index contributed by atoms with van der Waals surface area (Å²) in [6.07, 6.45) is 1.53. The summed E-state index contributed by atoms with van der Waals surface area (Å²) in [4.78, 5) is 31.0. The fourth-order valence-corrected chi connectivity index (χ4v) is 4.62. The quantitative estimate of drug-likeness (QED) is 0.357. The molecule has 4 N–H and O–H groups in total. The molecular formula is C22H27Cl2N7O3S. The second-order valence-electron chi connectivity index (χ2n) is 7.75. The smallest absolute Gasteiger partial charge is 0.267 e. The number of halogens is 2. The second-order valence-corrected chi connectivity index (χ2v) is 9.19. The molecule has 1 saturated heterocycles. The summed E-state index contributed by atoms with van der Waals surface area (Å²) < 4.78 is 6.47. The molecule has 3 aromatic rings. The number of carbonyl (C=O) groups is 1. The molecule has 10 nitrogen and oxygen atoms in total. The number of benzene rings is 1. The molecule has 3 heterocycles. The van der Waals surface area contributed by atoms with Crippen LogP contribution in [0.2, 0.25) is 5.02 Å². The van der Waals surface area contributed by atoms with Gasteiger partial charge in [-0.2, -0.15) is 0 Å². The van der Waals surface area contributed by atoms with Crippen molar-refractivity contribution in [3.63, 3.8) is 0 Å². The molecular weight excluding hydrogens is 513 g/mol. The Hall–Kier alpha value is -2.54. The lowest BCUT2D eigenvalue weighted by Gasteiger charge is -2.35. The number of anilines is 4. The van der Waals surface area contributed by atoms with Crippen LogP contribution >= 0.6 is 34.8 Å². The van der Waals surface area contributed by atoms with E-state index in [1.165, 1.54) is 17.5 Å². The SMILES string of the molecule is Cc1nc(Nc2ncc(C(=O)Nc3c(C)cccc3Cl)s2)cc(N2CCN(CCO)CC2)n1.OCl. The molecule has 1 fully saturated rings. The number of aromatic nitrogens is 3. The maximum atomic E-state index is 12.7. The molecule has 4 rings (SSSR count). The zero-order valence-electron chi connectivity index (χ0n) is 19.3. The van der Waals surface area contributed by atoms with Crippen molar-refractivity contribution in [2.24, 2.45) is 0 Å². The molecule has 1 amide bonds. The van der Waals surface area contributed by atoms with Gasteiger partial charge in [-0.3, -0.25) is 14.4 Å². The van der Waals surface area contributed by atoms with E-state index in [9.17, 15) is 4.79 Å². The number of nitrogens with zero attached hydrogens (tertiary/aromatic N) is 5. The van der Waals surface area contributed by atoms with Crippen LogP contribution in [-0.2, 0) is 0 Å². The molecule has 0 atom stereocenters. The van der Waals surface area contributed by atoms with Crippen molar-refractivity contribution in [2.45, 2.75) is 13.8 Å². The van der Waals surface area contributed by atoms with Gasteiger partial charge in [-0.05, 0) is 25.5 Å². The van der Waals surface area contributed by atoms with Crippen LogP contribution in [0, 0.1) is 13.8 Å². The highest BCUT2D eigenvalue weighted by molar-refractivity contribution is 7.17. The minimum Gasteiger partial charge on any atom is -0.395 e. The first-order chi connectivity index (χ1) is 16.9. The number of amides is 1. The van der Waals surface area contributed by atoms with Gasteiger partial charge in [0.05, 0.1) is 35.4 Å². The maximum absolute atomic E-state index is 12.7. The third-order valence-electron chi connectivity index (χ3n) is 5.36. The van der Waals surface area contributed by atoms with E-state index < -0.39 is 0 Å². The molecule has 0 aliphatic carbocycles. The zero-order valence-corrected chi connectivity index (χ0v) is 21.7. The van der Waals surface area contributed by atoms with Crippen molar-refractivity contribution in [1.82, 2.24) is 19.9 Å². The normalized spacial score (nSPS) is 13.7. The number of carbonyl (C=O) groups excluding carboxylic acids is 1. The predicted octanol–water partition coefficient (Wildman–Crippen LogP) is 3.45. The first-order valence-corrected chi connectivity index (χ1v) is 12.4. The van der Waals surface area contributed by atoms with Crippen LogP contribution in [0.5, 0.6) is 0 Å². The third-order valence-corrected chi connectivity index (χ3v) is 6.59. The monoisotopic (exact) mass is 539 g/mol. The Kier molecular flexibility index (Phi) is 10.0. The van der Waals surface area contributed by atoms with E-state index in [0.29, 0.717) is 38.9 Å². The van der Waals surface area contributed by atoms with Crippen molar-refractivity contribution in [1.29, 1.82) is 0 Å². The van der Waals surface area contributed by atoms with Crippen molar-refractivity contribution in [3.8, 4) is 0 Å². The molecule has 0 saturated carbocycles. The van der Waals surface area contributed by atoms with Gasteiger partial charge >= 0.3 is 0 Å². The first-order valence-electron chi connectivity index (χ1n) is 10.8. The fourth-order valence-electron chi connectivity index (χ4n) is 3.63. The second kappa shape index (κ2) is 13.0. The van der Waals surface area contributed by atoms with E-state index in [2.05, 4.69) is 47.3 Å². The molecule has 0 spiro atoms. The molecule has 0 radical (unpaired) electrons. The van der Waals surface area contributed by atoms with Gasteiger partial charge in [-0.1, -0.05) is 35.1 Å². The number of para-hydroxylation sites is 1. The van der Waals surface area contributed by atoms with Gasteiger partial charge in [-0.25, -0.2) is 15.0 Å². The summed E-state index contributed by atoms with van der Waals surface area (Å²) in [5.41, 5.74) is 1.49. The summed E-state index contributed by atoms with van der Waals surface area (Å²) >= 11 is 11.1. The van der Waals surface area contributed by atoms with Gasteiger partial charge < -0.3 is 20.6 Å². The third kappa shape index (κ3) is 7.23. The van der Waals surface area contributed by atoms with E-state index in [1.54, 1.807) is 6.07 Å². The van der Waals surface area contributed by atoms with Gasteiger partial charge in [0.15, 0.2) is 5.13 Å². The number of hydrogen-bond donors (Lipinski definition) is 4. The van der Waals surface area contributed by atoms with E-state index in [1.807, 2.05) is 32.0 Å². The molecule has 35 heavy (non-hydrogen) atoms. The van der Waals surface area contributed by atoms with Crippen molar-refractivity contribution < 1.29 is 14.6 Å². The Morgan fingerprint density at radius 1 is 1.17 bits per heavy atom. The van der Waals surface area contributed by atoms with Gasteiger partial charge in [0.1, 0.15) is 22.3 Å². The summed E-state index contributed by atoms with van der Waals surface area (Å²) in [7, 11) is 0. The van der Waals surface area contributed by atoms with E-state index in [4.69, 9.17) is 21.4 Å². The number of aryl methyl sites for hydroxylation is 2. The average Bonchev–Trinajstić information content (AvgIpc) is 3.31. The first kappa shape index (κ1) is 27.1. The van der Waals surface area contributed by atoms with Crippen LogP contribution < -0.4 is 15.5 Å². The summed E-state index contributed by atoms with van der Waals surface area (Å²) in [5, 5.41) is 16.2. The molecule has 1 aromatic carbocycles. The van der Waals surface area contributed by atoms with Crippen molar-refractivity contribution in [3.05, 3.63) is 51.7 Å². The highest BCUT2D eigenvalue weighted by Crippen LogP contribution is 2.28. The van der Waals surface area contributed by atoms with Crippen LogP contribution in [-0.4, -0.2) is 74.9 Å². The summed E-state index contributed by atoms with van der Waals surface area (Å²) in [6, 6.07) is 7.37. The molecule has 13 heteroatoms. The zero-order chi connectivity index (χ0) is 25.4. The number of hydrogen-bond acceptors (Lipinski definition) is 10. The van der Waals surface area contributed by atoms with Crippen LogP contribution in [0.15, 0.2) is 30.5 Å². The molecule has 1 aliphatic rings. The highest BCUT2D eigenvalue weighted by Gasteiger charge is 2.19. The number of thiazole rings is 1. The van der Waals surface area contributed by atoms with Gasteiger partial charge in [-0.15, -0.1) is 0 Å². The van der Waals surface area contributed by atoms with Crippen LogP contribution in [0.25, 0.3) is 0 Å². The maximum Gasteiger partial charge on any atom is 0.267 e. The van der Waals surface area contributed by atoms with Crippen LogP contribution in [0.3, 0.4) is 0 Å². The number of β-amino-alcohol motifs (C(OH)–C–C–N with tert-alkyl or cyclic N) is 1. The predicted molar refractivity (Wildman–Crippen MR) is 140 cm³/mol. The summed E-state index contributed by atoms with van der Waals surface area (Å²) in [6.45, 7) is 8.03. The largest absolute Gasteiger partial charge is 0.395 e. The summed E-state index contributed by atoms with van der Waals surface area (Å²) in [5.74, 6) is 1.85. The van der Waals surface area contributed by atoms with Gasteiger partial charge in [0.25, 0.3) is 5.91 Å². The number of nitrogens with one attached hydrogen (secondary N) is 2. The molecule has 2 aromatic heterocycles.